The first-order chi connectivity index (χ1) is 7.82. The molecular formula is C14H21NO2. The van der Waals surface area contributed by atoms with Gasteiger partial charge in [-0.05, 0) is 40.3 Å². The minimum atomic E-state index is -0.788. The van der Waals surface area contributed by atoms with Crippen LogP contribution in [0, 0.1) is 13.8 Å². The molecule has 1 aromatic carbocycles. The summed E-state index contributed by atoms with van der Waals surface area (Å²) in [7, 11) is 1.85. The molecule has 17 heavy (non-hydrogen) atoms. The van der Waals surface area contributed by atoms with Crippen LogP contribution in [0.15, 0.2) is 18.2 Å². The van der Waals surface area contributed by atoms with Crippen LogP contribution < -0.4 is 0 Å². The van der Waals surface area contributed by atoms with Gasteiger partial charge in [0.05, 0.1) is 0 Å². The van der Waals surface area contributed by atoms with Crippen molar-refractivity contribution in [3.8, 4) is 0 Å². The van der Waals surface area contributed by atoms with E-state index in [-0.39, 0.29) is 6.04 Å². The molecule has 94 valence electrons. The molecule has 1 rings (SSSR count). The monoisotopic (exact) mass is 235 g/mol. The van der Waals surface area contributed by atoms with Crippen molar-refractivity contribution < 1.29 is 9.90 Å². The molecule has 3 heteroatoms. The summed E-state index contributed by atoms with van der Waals surface area (Å²) < 4.78 is 0. The molecule has 1 aromatic rings. The molecule has 0 amide bonds. The van der Waals surface area contributed by atoms with Gasteiger partial charge in [0.1, 0.15) is 6.04 Å². The summed E-state index contributed by atoms with van der Waals surface area (Å²) in [4.78, 5) is 12.8. The van der Waals surface area contributed by atoms with Crippen LogP contribution in [-0.2, 0) is 4.79 Å². The van der Waals surface area contributed by atoms with E-state index in [4.69, 9.17) is 5.11 Å². The molecule has 0 aliphatic carbocycles. The number of carbonyl (C=O) groups is 1. The summed E-state index contributed by atoms with van der Waals surface area (Å²) in [6.07, 6.45) is 0. The van der Waals surface area contributed by atoms with Crippen molar-refractivity contribution in [1.82, 2.24) is 4.90 Å². The second-order valence-electron chi connectivity index (χ2n) is 4.78. The highest BCUT2D eigenvalue weighted by Gasteiger charge is 2.22. The van der Waals surface area contributed by atoms with Crippen LogP contribution in [0.3, 0.4) is 0 Å². The maximum absolute atomic E-state index is 11.0. The van der Waals surface area contributed by atoms with Crippen LogP contribution >= 0.6 is 0 Å². The molecule has 0 fully saturated rings. The second-order valence-corrected chi connectivity index (χ2v) is 4.78. The molecule has 0 aromatic heterocycles. The third kappa shape index (κ3) is 3.30. The smallest absolute Gasteiger partial charge is 0.320 e. The lowest BCUT2D eigenvalue weighted by molar-refractivity contribution is -0.142. The summed E-state index contributed by atoms with van der Waals surface area (Å²) in [5, 5.41) is 9.02. The van der Waals surface area contributed by atoms with Gasteiger partial charge < -0.3 is 5.11 Å². The molecule has 3 nitrogen and oxygen atoms in total. The van der Waals surface area contributed by atoms with Gasteiger partial charge in [-0.1, -0.05) is 29.3 Å². The molecule has 0 saturated heterocycles. The Morgan fingerprint density at radius 1 is 1.18 bits per heavy atom. The predicted molar refractivity (Wildman–Crippen MR) is 69.2 cm³/mol. The Morgan fingerprint density at radius 2 is 1.65 bits per heavy atom. The summed E-state index contributed by atoms with van der Waals surface area (Å²) >= 11 is 0. The minimum absolute atomic E-state index is 0.0969. The zero-order valence-corrected chi connectivity index (χ0v) is 11.2. The average Bonchev–Trinajstić information content (AvgIpc) is 2.24. The zero-order chi connectivity index (χ0) is 13.2. The quantitative estimate of drug-likeness (QED) is 0.872. The van der Waals surface area contributed by atoms with Crippen LogP contribution in [0.25, 0.3) is 0 Å². The number of aryl methyl sites for hydroxylation is 2. The highest BCUT2D eigenvalue weighted by atomic mass is 16.4. The van der Waals surface area contributed by atoms with Gasteiger partial charge in [-0.3, -0.25) is 9.69 Å². The molecule has 1 N–H and O–H groups in total. The SMILES string of the molecule is Cc1cc(C)cc(C(C)N(C)C(C)C(=O)O)c1. The lowest BCUT2D eigenvalue weighted by Gasteiger charge is -2.29. The Bertz CT molecular complexity index is 394. The molecule has 0 bridgehead atoms. The van der Waals surface area contributed by atoms with E-state index in [1.54, 1.807) is 6.92 Å². The third-order valence-corrected chi connectivity index (χ3v) is 3.31. The molecule has 0 spiro atoms. The summed E-state index contributed by atoms with van der Waals surface area (Å²) in [6, 6.07) is 5.97. The number of rotatable bonds is 4. The zero-order valence-electron chi connectivity index (χ0n) is 11.2. The molecule has 2 atom stereocenters. The fourth-order valence-electron chi connectivity index (χ4n) is 2.00. The maximum atomic E-state index is 11.0. The standard InChI is InChI=1S/C14H21NO2/c1-9-6-10(2)8-13(7-9)11(3)15(5)12(4)14(16)17/h6-8,11-12H,1-5H3,(H,16,17). The molecular weight excluding hydrogens is 214 g/mol. The van der Waals surface area contributed by atoms with Gasteiger partial charge in [0.25, 0.3) is 0 Å². The Labute approximate surface area is 103 Å². The predicted octanol–water partition coefficient (Wildman–Crippen LogP) is 2.77. The third-order valence-electron chi connectivity index (χ3n) is 3.31. The normalized spacial score (nSPS) is 14.7. The van der Waals surface area contributed by atoms with E-state index < -0.39 is 12.0 Å². The molecule has 0 aliphatic rings. The maximum Gasteiger partial charge on any atom is 0.320 e. The lowest BCUT2D eigenvalue weighted by Crippen LogP contribution is -2.37. The van der Waals surface area contributed by atoms with Gasteiger partial charge in [0.15, 0.2) is 0 Å². The van der Waals surface area contributed by atoms with Gasteiger partial charge in [-0.25, -0.2) is 0 Å². The second kappa shape index (κ2) is 5.32. The minimum Gasteiger partial charge on any atom is -0.480 e. The van der Waals surface area contributed by atoms with Crippen LogP contribution in [0.4, 0.5) is 0 Å². The molecule has 2 unspecified atom stereocenters. The number of aliphatic carboxylic acids is 1. The molecule has 0 heterocycles. The van der Waals surface area contributed by atoms with Gasteiger partial charge in [-0.2, -0.15) is 0 Å². The first-order valence-corrected chi connectivity index (χ1v) is 5.86. The summed E-state index contributed by atoms with van der Waals surface area (Å²) in [5.41, 5.74) is 3.59. The fraction of sp³-hybridized carbons (Fsp3) is 0.500. The van der Waals surface area contributed by atoms with Gasteiger partial charge in [-0.15, -0.1) is 0 Å². The molecule has 0 radical (unpaired) electrons. The Morgan fingerprint density at radius 3 is 2.06 bits per heavy atom. The topological polar surface area (TPSA) is 40.5 Å². The van der Waals surface area contributed by atoms with E-state index in [9.17, 15) is 4.79 Å². The van der Waals surface area contributed by atoms with E-state index in [2.05, 4.69) is 32.0 Å². The Hall–Kier alpha value is -1.35. The van der Waals surface area contributed by atoms with E-state index >= 15 is 0 Å². The first-order valence-electron chi connectivity index (χ1n) is 5.86. The number of carboxylic acid groups (broad SMARTS) is 1. The number of nitrogens with zero attached hydrogens (tertiary/aromatic N) is 1. The van der Waals surface area contributed by atoms with Gasteiger partial charge in [0.2, 0.25) is 0 Å². The Balaban J connectivity index is 2.95. The summed E-state index contributed by atoms with van der Waals surface area (Å²) in [5.74, 6) is -0.788. The number of hydrogen-bond acceptors (Lipinski definition) is 2. The van der Waals surface area contributed by atoms with Crippen LogP contribution in [0.1, 0.15) is 36.6 Å². The van der Waals surface area contributed by atoms with Crippen molar-refractivity contribution in [3.63, 3.8) is 0 Å². The van der Waals surface area contributed by atoms with E-state index in [1.165, 1.54) is 11.1 Å². The largest absolute Gasteiger partial charge is 0.480 e. The van der Waals surface area contributed by atoms with Gasteiger partial charge >= 0.3 is 5.97 Å². The number of hydrogen-bond donors (Lipinski definition) is 1. The van der Waals surface area contributed by atoms with Crippen molar-refractivity contribution in [2.75, 3.05) is 7.05 Å². The van der Waals surface area contributed by atoms with Crippen molar-refractivity contribution in [2.24, 2.45) is 0 Å². The highest BCUT2D eigenvalue weighted by molar-refractivity contribution is 5.72. The van der Waals surface area contributed by atoms with Crippen molar-refractivity contribution >= 4 is 5.97 Å². The van der Waals surface area contributed by atoms with Crippen LogP contribution in [0.2, 0.25) is 0 Å². The summed E-state index contributed by atoms with van der Waals surface area (Å²) in [6.45, 7) is 7.86. The average molecular weight is 235 g/mol. The van der Waals surface area contributed by atoms with Crippen molar-refractivity contribution in [3.05, 3.63) is 34.9 Å². The van der Waals surface area contributed by atoms with E-state index in [1.807, 2.05) is 18.9 Å². The van der Waals surface area contributed by atoms with Crippen LogP contribution in [0.5, 0.6) is 0 Å². The van der Waals surface area contributed by atoms with Crippen molar-refractivity contribution in [1.29, 1.82) is 0 Å². The number of likely N-dealkylation sites (N-methyl/N-ethyl adjacent to an activating group) is 1. The van der Waals surface area contributed by atoms with E-state index in [0.29, 0.717) is 0 Å². The highest BCUT2D eigenvalue weighted by Crippen LogP contribution is 2.23. The fourth-order valence-corrected chi connectivity index (χ4v) is 2.00. The Kier molecular flexibility index (Phi) is 4.29. The number of carboxylic acids is 1. The number of benzene rings is 1. The lowest BCUT2D eigenvalue weighted by atomic mass is 10.0. The van der Waals surface area contributed by atoms with Gasteiger partial charge in [0, 0.05) is 6.04 Å². The van der Waals surface area contributed by atoms with Crippen LogP contribution in [-0.4, -0.2) is 29.1 Å². The van der Waals surface area contributed by atoms with Crippen molar-refractivity contribution in [2.45, 2.75) is 39.8 Å². The molecule has 0 saturated carbocycles. The molecule has 0 aliphatic heterocycles. The first kappa shape index (κ1) is 13.7. The van der Waals surface area contributed by atoms with E-state index in [0.717, 1.165) is 5.56 Å².